The lowest BCUT2D eigenvalue weighted by Crippen LogP contribution is -2.39. The Morgan fingerprint density at radius 2 is 2.00 bits per heavy atom. The summed E-state index contributed by atoms with van der Waals surface area (Å²) in [6, 6.07) is 3.56. The van der Waals surface area contributed by atoms with Crippen molar-refractivity contribution in [2.45, 2.75) is 12.5 Å². The maximum atomic E-state index is 5.79. The van der Waals surface area contributed by atoms with Crippen LogP contribution in [0.2, 0.25) is 5.02 Å². The average Bonchev–Trinajstić information content (AvgIpc) is 2.21. The molecule has 1 rings (SSSR count). The summed E-state index contributed by atoms with van der Waals surface area (Å²) in [5, 5.41) is 3.75. The van der Waals surface area contributed by atoms with Crippen molar-refractivity contribution in [3.8, 4) is 0 Å². The maximum Gasteiger partial charge on any atom is 0.126 e. The topological polar surface area (TPSA) is 24.9 Å². The molecule has 1 aromatic rings. The predicted molar refractivity (Wildman–Crippen MR) is 62.7 cm³/mol. The molecule has 5 heteroatoms. The molecule has 0 amide bonds. The summed E-state index contributed by atoms with van der Waals surface area (Å²) in [5.41, 5.74) is -0.343. The molecule has 0 aliphatic heterocycles. The lowest BCUT2D eigenvalue weighted by atomic mass is 10.1. The van der Waals surface area contributed by atoms with E-state index >= 15 is 0 Å². The van der Waals surface area contributed by atoms with Crippen molar-refractivity contribution >= 4 is 40.6 Å². The fraction of sp³-hybridized carbons (Fsp3) is 0.444. The van der Waals surface area contributed by atoms with E-state index in [1.165, 1.54) is 0 Å². The zero-order valence-corrected chi connectivity index (χ0v) is 10.00. The molecule has 2 nitrogen and oxygen atoms in total. The predicted octanol–water partition coefficient (Wildman–Crippen LogP) is 3.38. The van der Waals surface area contributed by atoms with Crippen molar-refractivity contribution in [1.82, 2.24) is 4.98 Å². The van der Waals surface area contributed by atoms with Gasteiger partial charge in [-0.2, -0.15) is 0 Å². The standard InChI is InChI=1S/C9H11Cl3N2/c1-9(5-10,6-11)14-8-3-2-7(12)4-13-8/h2-4H,5-6H2,1H3,(H,13,14). The third kappa shape index (κ3) is 3.19. The smallest absolute Gasteiger partial charge is 0.126 e. The first-order valence-corrected chi connectivity index (χ1v) is 5.56. The van der Waals surface area contributed by atoms with Gasteiger partial charge in [0, 0.05) is 18.0 Å². The molecule has 0 unspecified atom stereocenters. The van der Waals surface area contributed by atoms with Gasteiger partial charge in [0.2, 0.25) is 0 Å². The monoisotopic (exact) mass is 252 g/mol. The van der Waals surface area contributed by atoms with E-state index in [-0.39, 0.29) is 5.54 Å². The average molecular weight is 254 g/mol. The minimum absolute atomic E-state index is 0.343. The summed E-state index contributed by atoms with van der Waals surface area (Å²) < 4.78 is 0. The number of hydrogen-bond acceptors (Lipinski definition) is 2. The van der Waals surface area contributed by atoms with Gasteiger partial charge in [-0.3, -0.25) is 0 Å². The number of anilines is 1. The van der Waals surface area contributed by atoms with Gasteiger partial charge in [0.05, 0.1) is 10.6 Å². The lowest BCUT2D eigenvalue weighted by Gasteiger charge is -2.26. The molecule has 0 fully saturated rings. The molecule has 0 saturated carbocycles. The van der Waals surface area contributed by atoms with Gasteiger partial charge in [-0.05, 0) is 19.1 Å². The summed E-state index contributed by atoms with van der Waals surface area (Å²) in [6.45, 7) is 1.93. The Morgan fingerprint density at radius 3 is 2.43 bits per heavy atom. The molecule has 0 aliphatic rings. The van der Waals surface area contributed by atoms with Crippen molar-refractivity contribution in [2.75, 3.05) is 17.1 Å². The summed E-state index contributed by atoms with van der Waals surface area (Å²) in [7, 11) is 0. The Kier molecular flexibility index (Phi) is 4.30. The van der Waals surface area contributed by atoms with Crippen LogP contribution in [-0.4, -0.2) is 22.3 Å². The number of halogens is 3. The summed E-state index contributed by atoms with van der Waals surface area (Å²) in [6.07, 6.45) is 1.58. The number of rotatable bonds is 4. The van der Waals surface area contributed by atoms with Crippen LogP contribution in [0.15, 0.2) is 18.3 Å². The van der Waals surface area contributed by atoms with Crippen LogP contribution in [0.4, 0.5) is 5.82 Å². The zero-order valence-electron chi connectivity index (χ0n) is 7.73. The van der Waals surface area contributed by atoms with E-state index in [4.69, 9.17) is 34.8 Å². The number of alkyl halides is 2. The van der Waals surface area contributed by atoms with Crippen LogP contribution in [0.5, 0.6) is 0 Å². The van der Waals surface area contributed by atoms with Gasteiger partial charge in [0.15, 0.2) is 0 Å². The maximum absolute atomic E-state index is 5.79. The summed E-state index contributed by atoms with van der Waals surface area (Å²) in [4.78, 5) is 4.10. The fourth-order valence-corrected chi connectivity index (χ4v) is 1.39. The van der Waals surface area contributed by atoms with Gasteiger partial charge >= 0.3 is 0 Å². The van der Waals surface area contributed by atoms with Gasteiger partial charge in [-0.25, -0.2) is 4.98 Å². The highest BCUT2D eigenvalue weighted by molar-refractivity contribution is 6.30. The molecule has 1 N–H and O–H groups in total. The molecule has 14 heavy (non-hydrogen) atoms. The summed E-state index contributed by atoms with van der Waals surface area (Å²) in [5.74, 6) is 1.56. The highest BCUT2D eigenvalue weighted by atomic mass is 35.5. The minimum atomic E-state index is -0.343. The van der Waals surface area contributed by atoms with Crippen molar-refractivity contribution in [1.29, 1.82) is 0 Å². The van der Waals surface area contributed by atoms with Crippen LogP contribution in [0.25, 0.3) is 0 Å². The first-order valence-electron chi connectivity index (χ1n) is 4.11. The van der Waals surface area contributed by atoms with E-state index in [1.54, 1.807) is 18.3 Å². The highest BCUT2D eigenvalue weighted by Gasteiger charge is 2.21. The first-order chi connectivity index (χ1) is 6.59. The Bertz CT molecular complexity index is 283. The third-order valence-electron chi connectivity index (χ3n) is 1.75. The Hall–Kier alpha value is -0.180. The normalized spacial score (nSPS) is 11.4. The molecular formula is C9H11Cl3N2. The molecule has 0 radical (unpaired) electrons. The van der Waals surface area contributed by atoms with Gasteiger partial charge in [-0.15, -0.1) is 23.2 Å². The molecule has 0 atom stereocenters. The zero-order chi connectivity index (χ0) is 10.6. The molecule has 0 aromatic carbocycles. The van der Waals surface area contributed by atoms with Gasteiger partial charge in [0.1, 0.15) is 5.82 Å². The molecular weight excluding hydrogens is 242 g/mol. The third-order valence-corrected chi connectivity index (χ3v) is 3.15. The number of pyridine rings is 1. The van der Waals surface area contributed by atoms with Gasteiger partial charge < -0.3 is 5.32 Å². The summed E-state index contributed by atoms with van der Waals surface area (Å²) >= 11 is 17.3. The van der Waals surface area contributed by atoms with E-state index in [1.807, 2.05) is 6.92 Å². The molecule has 0 spiro atoms. The number of nitrogens with one attached hydrogen (secondary N) is 1. The van der Waals surface area contributed by atoms with Crippen molar-refractivity contribution in [3.63, 3.8) is 0 Å². The van der Waals surface area contributed by atoms with Gasteiger partial charge in [-0.1, -0.05) is 11.6 Å². The number of nitrogens with zero attached hydrogens (tertiary/aromatic N) is 1. The molecule has 1 heterocycles. The van der Waals surface area contributed by atoms with Gasteiger partial charge in [0.25, 0.3) is 0 Å². The van der Waals surface area contributed by atoms with E-state index < -0.39 is 0 Å². The Morgan fingerprint density at radius 1 is 1.36 bits per heavy atom. The largest absolute Gasteiger partial charge is 0.363 e. The molecule has 78 valence electrons. The minimum Gasteiger partial charge on any atom is -0.363 e. The van der Waals surface area contributed by atoms with Crippen molar-refractivity contribution < 1.29 is 0 Å². The van der Waals surface area contributed by atoms with E-state index in [0.29, 0.717) is 16.8 Å². The Balaban J connectivity index is 2.72. The van der Waals surface area contributed by atoms with Crippen LogP contribution in [0.1, 0.15) is 6.92 Å². The molecule has 1 aromatic heterocycles. The Labute approximate surface area is 98.6 Å². The lowest BCUT2D eigenvalue weighted by molar-refractivity contribution is 0.645. The SMILES string of the molecule is CC(CCl)(CCl)Nc1ccc(Cl)cn1. The molecule has 0 aliphatic carbocycles. The first kappa shape index (κ1) is 11.9. The van der Waals surface area contributed by atoms with Crippen LogP contribution < -0.4 is 5.32 Å². The highest BCUT2D eigenvalue weighted by Crippen LogP contribution is 2.17. The van der Waals surface area contributed by atoms with Crippen molar-refractivity contribution in [3.05, 3.63) is 23.4 Å². The second-order valence-electron chi connectivity index (χ2n) is 3.31. The van der Waals surface area contributed by atoms with Crippen LogP contribution >= 0.6 is 34.8 Å². The van der Waals surface area contributed by atoms with E-state index in [0.717, 1.165) is 5.82 Å². The van der Waals surface area contributed by atoms with E-state index in [9.17, 15) is 0 Å². The molecule has 0 saturated heterocycles. The van der Waals surface area contributed by atoms with E-state index in [2.05, 4.69) is 10.3 Å². The fourth-order valence-electron chi connectivity index (χ4n) is 0.861. The quantitative estimate of drug-likeness (QED) is 0.832. The second kappa shape index (κ2) is 5.06. The van der Waals surface area contributed by atoms with Crippen LogP contribution in [0.3, 0.4) is 0 Å². The van der Waals surface area contributed by atoms with Crippen LogP contribution in [-0.2, 0) is 0 Å². The van der Waals surface area contributed by atoms with Crippen molar-refractivity contribution in [2.24, 2.45) is 0 Å². The number of hydrogen-bond donors (Lipinski definition) is 1. The second-order valence-corrected chi connectivity index (χ2v) is 4.29. The molecule has 0 bridgehead atoms. The van der Waals surface area contributed by atoms with Crippen LogP contribution in [0, 0.1) is 0 Å². The number of aromatic nitrogens is 1.